The van der Waals surface area contributed by atoms with Crippen LogP contribution in [0.5, 0.6) is 0 Å². The standard InChI is InChI=1S/C26H25N7O/c1-16(2)32-15-28-30-24(32)19-6-4-8-22(29-19)33-25(34)23-18(26(33)11-12-26)5-3-7-21(23)31-13-20(27-14-31)17-9-10-17/h3-8,13-17H,9-12H2,1-2H3. The van der Waals surface area contributed by atoms with Crippen LogP contribution >= 0.6 is 0 Å². The third kappa shape index (κ3) is 2.74. The fraction of sp³-hybridized carbons (Fsp3) is 0.346. The summed E-state index contributed by atoms with van der Waals surface area (Å²) < 4.78 is 4.01. The topological polar surface area (TPSA) is 81.7 Å². The molecule has 0 N–H and O–H groups in total. The molecule has 7 rings (SSSR count). The number of nitrogens with zero attached hydrogens (tertiary/aromatic N) is 7. The minimum atomic E-state index is -0.320. The van der Waals surface area contributed by atoms with Crippen molar-refractivity contribution in [3.63, 3.8) is 0 Å². The van der Waals surface area contributed by atoms with E-state index in [1.165, 1.54) is 12.8 Å². The quantitative estimate of drug-likeness (QED) is 0.442. The Labute approximate surface area is 197 Å². The number of fused-ring (bicyclic) bond motifs is 2. The van der Waals surface area contributed by atoms with Crippen molar-refractivity contribution in [1.82, 2.24) is 29.3 Å². The van der Waals surface area contributed by atoms with E-state index in [2.05, 4.69) is 47.4 Å². The zero-order chi connectivity index (χ0) is 23.0. The van der Waals surface area contributed by atoms with Crippen molar-refractivity contribution in [2.24, 2.45) is 0 Å². The first-order valence-corrected chi connectivity index (χ1v) is 12.0. The lowest BCUT2D eigenvalue weighted by Gasteiger charge is -2.24. The number of benzene rings is 1. The van der Waals surface area contributed by atoms with Crippen molar-refractivity contribution < 1.29 is 4.79 Å². The lowest BCUT2D eigenvalue weighted by atomic mass is 10.0. The third-order valence-electron chi connectivity index (χ3n) is 7.31. The Morgan fingerprint density at radius 1 is 1.06 bits per heavy atom. The molecule has 2 saturated carbocycles. The van der Waals surface area contributed by atoms with E-state index in [-0.39, 0.29) is 17.5 Å². The van der Waals surface area contributed by atoms with Crippen LogP contribution < -0.4 is 4.90 Å². The number of hydrogen-bond donors (Lipinski definition) is 0. The van der Waals surface area contributed by atoms with Crippen LogP contribution in [0.15, 0.2) is 55.2 Å². The molecule has 1 aromatic carbocycles. The van der Waals surface area contributed by atoms with Crippen molar-refractivity contribution in [2.75, 3.05) is 4.90 Å². The van der Waals surface area contributed by atoms with E-state index in [0.717, 1.165) is 35.3 Å². The molecule has 3 aliphatic rings. The van der Waals surface area contributed by atoms with Gasteiger partial charge in [-0.1, -0.05) is 18.2 Å². The molecule has 1 spiro atoms. The molecule has 34 heavy (non-hydrogen) atoms. The Kier molecular flexibility index (Phi) is 3.96. The summed E-state index contributed by atoms with van der Waals surface area (Å²) in [5.74, 6) is 1.93. The van der Waals surface area contributed by atoms with Crippen molar-refractivity contribution in [3.8, 4) is 17.2 Å². The van der Waals surface area contributed by atoms with Gasteiger partial charge in [-0.15, -0.1) is 10.2 Å². The molecular weight excluding hydrogens is 426 g/mol. The molecular formula is C26H25N7O. The number of pyridine rings is 1. The monoisotopic (exact) mass is 451 g/mol. The molecule has 0 saturated heterocycles. The van der Waals surface area contributed by atoms with Crippen molar-refractivity contribution in [2.45, 2.75) is 57.0 Å². The summed E-state index contributed by atoms with van der Waals surface area (Å²) >= 11 is 0. The van der Waals surface area contributed by atoms with Gasteiger partial charge in [-0.25, -0.2) is 9.97 Å². The van der Waals surface area contributed by atoms with E-state index in [0.29, 0.717) is 23.3 Å². The second kappa shape index (κ2) is 6.85. The molecule has 8 heteroatoms. The van der Waals surface area contributed by atoms with Gasteiger partial charge < -0.3 is 9.13 Å². The van der Waals surface area contributed by atoms with Gasteiger partial charge in [-0.05, 0) is 63.3 Å². The number of anilines is 1. The predicted octanol–water partition coefficient (Wildman–Crippen LogP) is 4.63. The van der Waals surface area contributed by atoms with E-state index >= 15 is 0 Å². The van der Waals surface area contributed by atoms with Gasteiger partial charge >= 0.3 is 0 Å². The summed E-state index contributed by atoms with van der Waals surface area (Å²) in [5.41, 5.74) is 4.26. The molecule has 2 fully saturated rings. The van der Waals surface area contributed by atoms with Crippen LogP contribution in [0, 0.1) is 0 Å². The first-order valence-electron chi connectivity index (χ1n) is 12.0. The van der Waals surface area contributed by atoms with Gasteiger partial charge in [-0.3, -0.25) is 9.69 Å². The van der Waals surface area contributed by atoms with Crippen LogP contribution in [-0.4, -0.2) is 35.2 Å². The number of carbonyl (C=O) groups is 1. The van der Waals surface area contributed by atoms with Crippen molar-refractivity contribution in [3.05, 3.63) is 72.1 Å². The molecule has 8 nitrogen and oxygen atoms in total. The van der Waals surface area contributed by atoms with E-state index in [1.807, 2.05) is 44.6 Å². The Hall–Kier alpha value is -3.81. The summed E-state index contributed by atoms with van der Waals surface area (Å²) in [5, 5.41) is 8.38. The number of hydrogen-bond acceptors (Lipinski definition) is 5. The molecule has 1 aliphatic heterocycles. The zero-order valence-corrected chi connectivity index (χ0v) is 19.2. The zero-order valence-electron chi connectivity index (χ0n) is 19.2. The van der Waals surface area contributed by atoms with Crippen LogP contribution in [0.2, 0.25) is 0 Å². The van der Waals surface area contributed by atoms with Gasteiger partial charge in [0, 0.05) is 18.2 Å². The van der Waals surface area contributed by atoms with Gasteiger partial charge in [0.15, 0.2) is 5.82 Å². The fourth-order valence-corrected chi connectivity index (χ4v) is 5.27. The number of rotatable bonds is 5. The van der Waals surface area contributed by atoms with Gasteiger partial charge in [0.05, 0.1) is 28.8 Å². The predicted molar refractivity (Wildman–Crippen MR) is 127 cm³/mol. The van der Waals surface area contributed by atoms with Crippen LogP contribution in [-0.2, 0) is 5.54 Å². The highest BCUT2D eigenvalue weighted by Crippen LogP contribution is 2.58. The Morgan fingerprint density at radius 2 is 1.88 bits per heavy atom. The fourth-order valence-electron chi connectivity index (χ4n) is 5.27. The van der Waals surface area contributed by atoms with E-state index in [4.69, 9.17) is 4.98 Å². The Bertz CT molecular complexity index is 1440. The highest BCUT2D eigenvalue weighted by molar-refractivity contribution is 6.14. The Balaban J connectivity index is 1.32. The SMILES string of the molecule is CC(C)n1cnnc1-c1cccc(N2C(=O)c3c(-n4cnc(C5CC5)c4)cccc3C23CC3)n1. The molecule has 170 valence electrons. The highest BCUT2D eigenvalue weighted by atomic mass is 16.2. The normalized spacial score (nSPS) is 18.2. The Morgan fingerprint density at radius 3 is 2.65 bits per heavy atom. The average Bonchev–Trinajstić information content (AvgIpc) is 3.71. The summed E-state index contributed by atoms with van der Waals surface area (Å²) in [6.07, 6.45) is 9.91. The van der Waals surface area contributed by atoms with E-state index in [9.17, 15) is 4.79 Å². The maximum atomic E-state index is 14.0. The molecule has 0 atom stereocenters. The summed E-state index contributed by atoms with van der Waals surface area (Å²) in [6, 6.07) is 12.2. The third-order valence-corrected chi connectivity index (χ3v) is 7.31. The van der Waals surface area contributed by atoms with Gasteiger partial charge in [-0.2, -0.15) is 0 Å². The van der Waals surface area contributed by atoms with Crippen molar-refractivity contribution >= 4 is 11.7 Å². The lowest BCUT2D eigenvalue weighted by Crippen LogP contribution is -2.34. The smallest absolute Gasteiger partial charge is 0.262 e. The first-order chi connectivity index (χ1) is 16.6. The second-order valence-electron chi connectivity index (χ2n) is 9.89. The average molecular weight is 452 g/mol. The summed E-state index contributed by atoms with van der Waals surface area (Å²) in [4.78, 5) is 25.4. The number of imidazole rings is 1. The number of aromatic nitrogens is 6. The number of amides is 1. The molecule has 0 radical (unpaired) electrons. The molecule has 4 heterocycles. The number of carbonyl (C=O) groups excluding carboxylic acids is 1. The van der Waals surface area contributed by atoms with Gasteiger partial charge in [0.1, 0.15) is 17.8 Å². The highest BCUT2D eigenvalue weighted by Gasteiger charge is 2.59. The van der Waals surface area contributed by atoms with Crippen LogP contribution in [0.4, 0.5) is 5.82 Å². The lowest BCUT2D eigenvalue weighted by molar-refractivity contribution is 0.0988. The molecule has 2 aliphatic carbocycles. The largest absolute Gasteiger partial charge is 0.310 e. The molecule has 3 aromatic heterocycles. The summed E-state index contributed by atoms with van der Waals surface area (Å²) in [6.45, 7) is 4.17. The molecule has 4 aromatic rings. The van der Waals surface area contributed by atoms with Gasteiger partial charge in [0.25, 0.3) is 5.91 Å². The van der Waals surface area contributed by atoms with Crippen LogP contribution in [0.25, 0.3) is 17.2 Å². The minimum absolute atomic E-state index is 0.000233. The van der Waals surface area contributed by atoms with Crippen molar-refractivity contribution in [1.29, 1.82) is 0 Å². The van der Waals surface area contributed by atoms with Gasteiger partial charge in [0.2, 0.25) is 0 Å². The molecule has 1 amide bonds. The van der Waals surface area contributed by atoms with E-state index in [1.54, 1.807) is 6.33 Å². The first kappa shape index (κ1) is 19.6. The maximum absolute atomic E-state index is 14.0. The van der Waals surface area contributed by atoms with Crippen LogP contribution in [0.1, 0.15) is 73.1 Å². The minimum Gasteiger partial charge on any atom is -0.310 e. The summed E-state index contributed by atoms with van der Waals surface area (Å²) in [7, 11) is 0. The van der Waals surface area contributed by atoms with E-state index < -0.39 is 0 Å². The molecule has 0 bridgehead atoms. The molecule has 0 unspecified atom stereocenters. The maximum Gasteiger partial charge on any atom is 0.262 e. The second-order valence-corrected chi connectivity index (χ2v) is 9.89. The van der Waals surface area contributed by atoms with Crippen LogP contribution in [0.3, 0.4) is 0 Å².